The fraction of sp³-hybridized carbons (Fsp3) is 0.800. The van der Waals surface area contributed by atoms with Gasteiger partial charge in [0.1, 0.15) is 0 Å². The molecule has 0 atom stereocenters. The normalized spacial score (nSPS) is 12.7. The van der Waals surface area contributed by atoms with E-state index in [0.29, 0.717) is 0 Å². The number of allylic oxidation sites excluding steroid dienone is 1. The van der Waals surface area contributed by atoms with E-state index >= 15 is 0 Å². The van der Waals surface area contributed by atoms with Crippen molar-refractivity contribution in [3.05, 3.63) is 12.2 Å². The van der Waals surface area contributed by atoms with Crippen molar-refractivity contribution in [2.24, 2.45) is 0 Å². The van der Waals surface area contributed by atoms with Crippen molar-refractivity contribution in [3.8, 4) is 0 Å². The highest BCUT2D eigenvalue weighted by molar-refractivity contribution is 4.89. The molecule has 0 rings (SSSR count). The van der Waals surface area contributed by atoms with Crippen molar-refractivity contribution in [2.75, 3.05) is 0 Å². The molecule has 0 aromatic heterocycles. The SMILES string of the molecule is CC/C=C/CC(O)(CC)CC. The van der Waals surface area contributed by atoms with Gasteiger partial charge in [-0.3, -0.25) is 0 Å². The Hall–Kier alpha value is -0.300. The minimum Gasteiger partial charge on any atom is -0.390 e. The summed E-state index contributed by atoms with van der Waals surface area (Å²) in [6, 6.07) is 0. The summed E-state index contributed by atoms with van der Waals surface area (Å²) in [6.45, 7) is 6.17. The maximum absolute atomic E-state index is 9.80. The first kappa shape index (κ1) is 10.7. The maximum atomic E-state index is 9.80. The van der Waals surface area contributed by atoms with E-state index in [0.717, 1.165) is 25.7 Å². The predicted octanol–water partition coefficient (Wildman–Crippen LogP) is 2.89. The molecule has 1 heteroatoms. The van der Waals surface area contributed by atoms with Crippen LogP contribution in [0.3, 0.4) is 0 Å². The lowest BCUT2D eigenvalue weighted by Crippen LogP contribution is -2.25. The molecule has 1 N–H and O–H groups in total. The second-order valence-electron chi connectivity index (χ2n) is 3.02. The molecule has 0 aromatic carbocycles. The Balaban J connectivity index is 3.77. The summed E-state index contributed by atoms with van der Waals surface area (Å²) in [7, 11) is 0. The van der Waals surface area contributed by atoms with E-state index in [4.69, 9.17) is 0 Å². The molecule has 1 nitrogen and oxygen atoms in total. The number of hydrogen-bond donors (Lipinski definition) is 1. The van der Waals surface area contributed by atoms with Gasteiger partial charge in [-0.2, -0.15) is 0 Å². The Morgan fingerprint density at radius 2 is 1.64 bits per heavy atom. The van der Waals surface area contributed by atoms with Crippen molar-refractivity contribution >= 4 is 0 Å². The molecule has 0 heterocycles. The molecule has 11 heavy (non-hydrogen) atoms. The van der Waals surface area contributed by atoms with Gasteiger partial charge in [-0.15, -0.1) is 0 Å². The lowest BCUT2D eigenvalue weighted by atomic mass is 9.93. The zero-order valence-electron chi connectivity index (χ0n) is 7.93. The summed E-state index contributed by atoms with van der Waals surface area (Å²) in [4.78, 5) is 0. The Morgan fingerprint density at radius 3 is 2.00 bits per heavy atom. The second kappa shape index (κ2) is 5.36. The summed E-state index contributed by atoms with van der Waals surface area (Å²) < 4.78 is 0. The first-order chi connectivity index (χ1) is 5.18. The Morgan fingerprint density at radius 1 is 1.09 bits per heavy atom. The summed E-state index contributed by atoms with van der Waals surface area (Å²) >= 11 is 0. The predicted molar refractivity (Wildman–Crippen MR) is 49.6 cm³/mol. The van der Waals surface area contributed by atoms with E-state index in [2.05, 4.69) is 19.1 Å². The first-order valence-corrected chi connectivity index (χ1v) is 4.56. The van der Waals surface area contributed by atoms with Crippen molar-refractivity contribution < 1.29 is 5.11 Å². The lowest BCUT2D eigenvalue weighted by molar-refractivity contribution is 0.0353. The molecule has 0 aliphatic carbocycles. The highest BCUT2D eigenvalue weighted by Gasteiger charge is 2.19. The standard InChI is InChI=1S/C10H20O/c1-4-7-8-9-10(11,5-2)6-3/h7-8,11H,4-6,9H2,1-3H3/b8-7+. The molecule has 0 amide bonds. The van der Waals surface area contributed by atoms with Gasteiger partial charge in [0.15, 0.2) is 0 Å². The van der Waals surface area contributed by atoms with E-state index in [-0.39, 0.29) is 0 Å². The van der Waals surface area contributed by atoms with Gasteiger partial charge in [-0.25, -0.2) is 0 Å². The molecule has 0 spiro atoms. The van der Waals surface area contributed by atoms with Gasteiger partial charge in [-0.05, 0) is 25.7 Å². The van der Waals surface area contributed by atoms with Crippen LogP contribution in [0.4, 0.5) is 0 Å². The van der Waals surface area contributed by atoms with Crippen LogP contribution in [0.2, 0.25) is 0 Å². The highest BCUT2D eigenvalue weighted by Crippen LogP contribution is 2.19. The topological polar surface area (TPSA) is 20.2 Å². The van der Waals surface area contributed by atoms with Gasteiger partial charge in [0, 0.05) is 0 Å². The third-order valence-corrected chi connectivity index (χ3v) is 2.22. The number of hydrogen-bond acceptors (Lipinski definition) is 1. The van der Waals surface area contributed by atoms with Crippen LogP contribution in [0.1, 0.15) is 46.5 Å². The maximum Gasteiger partial charge on any atom is 0.0676 e. The van der Waals surface area contributed by atoms with Gasteiger partial charge in [-0.1, -0.05) is 32.9 Å². The van der Waals surface area contributed by atoms with Crippen molar-refractivity contribution in [1.29, 1.82) is 0 Å². The average Bonchev–Trinajstić information content (AvgIpc) is 2.05. The summed E-state index contributed by atoms with van der Waals surface area (Å²) in [6.07, 6.45) is 7.73. The van der Waals surface area contributed by atoms with Crippen LogP contribution in [0.25, 0.3) is 0 Å². The number of rotatable bonds is 5. The lowest BCUT2D eigenvalue weighted by Gasteiger charge is -2.23. The Kier molecular flexibility index (Phi) is 5.22. The molecule has 0 unspecified atom stereocenters. The molecule has 0 bridgehead atoms. The van der Waals surface area contributed by atoms with Crippen LogP contribution in [-0.4, -0.2) is 10.7 Å². The largest absolute Gasteiger partial charge is 0.390 e. The number of aliphatic hydroxyl groups is 1. The van der Waals surface area contributed by atoms with Gasteiger partial charge < -0.3 is 5.11 Å². The quantitative estimate of drug-likeness (QED) is 0.607. The van der Waals surface area contributed by atoms with Crippen LogP contribution < -0.4 is 0 Å². The van der Waals surface area contributed by atoms with Gasteiger partial charge >= 0.3 is 0 Å². The van der Waals surface area contributed by atoms with E-state index in [1.54, 1.807) is 0 Å². The zero-order valence-corrected chi connectivity index (χ0v) is 7.93. The van der Waals surface area contributed by atoms with Gasteiger partial charge in [0.25, 0.3) is 0 Å². The van der Waals surface area contributed by atoms with Crippen LogP contribution in [0.15, 0.2) is 12.2 Å². The van der Waals surface area contributed by atoms with E-state index in [1.165, 1.54) is 0 Å². The third-order valence-electron chi connectivity index (χ3n) is 2.22. The summed E-state index contributed by atoms with van der Waals surface area (Å²) in [5.74, 6) is 0. The van der Waals surface area contributed by atoms with Crippen molar-refractivity contribution in [2.45, 2.75) is 52.1 Å². The van der Waals surface area contributed by atoms with Crippen LogP contribution >= 0.6 is 0 Å². The van der Waals surface area contributed by atoms with Crippen LogP contribution in [0.5, 0.6) is 0 Å². The molecular formula is C10H20O. The van der Waals surface area contributed by atoms with Crippen LogP contribution in [0, 0.1) is 0 Å². The second-order valence-corrected chi connectivity index (χ2v) is 3.02. The fourth-order valence-corrected chi connectivity index (χ4v) is 1.01. The Labute approximate surface area is 70.1 Å². The Bertz CT molecular complexity index is 112. The highest BCUT2D eigenvalue weighted by atomic mass is 16.3. The first-order valence-electron chi connectivity index (χ1n) is 4.56. The molecular weight excluding hydrogens is 136 g/mol. The smallest absolute Gasteiger partial charge is 0.0676 e. The van der Waals surface area contributed by atoms with E-state index in [9.17, 15) is 5.11 Å². The zero-order chi connectivity index (χ0) is 8.74. The van der Waals surface area contributed by atoms with Gasteiger partial charge in [0.2, 0.25) is 0 Å². The molecule has 0 fully saturated rings. The minimum atomic E-state index is -0.453. The summed E-state index contributed by atoms with van der Waals surface area (Å²) in [5.41, 5.74) is -0.453. The molecule has 0 aliphatic rings. The minimum absolute atomic E-state index is 0.453. The average molecular weight is 156 g/mol. The van der Waals surface area contributed by atoms with Crippen molar-refractivity contribution in [3.63, 3.8) is 0 Å². The molecule has 0 radical (unpaired) electrons. The summed E-state index contributed by atoms with van der Waals surface area (Å²) in [5, 5.41) is 9.80. The molecule has 0 saturated carbocycles. The van der Waals surface area contributed by atoms with E-state index < -0.39 is 5.60 Å². The van der Waals surface area contributed by atoms with E-state index in [1.807, 2.05) is 13.8 Å². The molecule has 0 aromatic rings. The third kappa shape index (κ3) is 4.20. The van der Waals surface area contributed by atoms with Crippen LogP contribution in [-0.2, 0) is 0 Å². The van der Waals surface area contributed by atoms with Crippen molar-refractivity contribution in [1.82, 2.24) is 0 Å². The molecule has 0 aliphatic heterocycles. The molecule has 66 valence electrons. The van der Waals surface area contributed by atoms with Gasteiger partial charge in [0.05, 0.1) is 5.60 Å². The monoisotopic (exact) mass is 156 g/mol. The molecule has 0 saturated heterocycles. The fourth-order valence-electron chi connectivity index (χ4n) is 1.01.